The number of amides is 1. The largest absolute Gasteiger partial charge is 0.383 e. The Morgan fingerprint density at radius 2 is 2.14 bits per heavy atom. The summed E-state index contributed by atoms with van der Waals surface area (Å²) in [7, 11) is 1.65. The van der Waals surface area contributed by atoms with E-state index in [2.05, 4.69) is 6.92 Å². The average Bonchev–Trinajstić information content (AvgIpc) is 2.51. The van der Waals surface area contributed by atoms with Crippen LogP contribution in [0.15, 0.2) is 24.3 Å². The quantitative estimate of drug-likeness (QED) is 0.806. The second kappa shape index (κ2) is 7.95. The monoisotopic (exact) mass is 325 g/mol. The van der Waals surface area contributed by atoms with E-state index in [0.717, 1.165) is 26.1 Å². The molecule has 0 saturated carbocycles. The highest BCUT2D eigenvalue weighted by Crippen LogP contribution is 2.31. The summed E-state index contributed by atoms with van der Waals surface area (Å²) in [5, 5.41) is 0.579. The summed E-state index contributed by atoms with van der Waals surface area (Å²) in [4.78, 5) is 14.7. The number of carbonyl (C=O) groups excluding carboxylic acids is 1. The number of carbonyl (C=O) groups is 1. The van der Waals surface area contributed by atoms with Gasteiger partial charge in [0.15, 0.2) is 0 Å². The van der Waals surface area contributed by atoms with E-state index < -0.39 is 0 Å². The normalized spacial score (nSPS) is 17.2. The Labute approximate surface area is 137 Å². The number of nitrogens with zero attached hydrogens (tertiary/aromatic N) is 1. The topological polar surface area (TPSA) is 38.8 Å². The van der Waals surface area contributed by atoms with Crippen molar-refractivity contribution in [3.05, 3.63) is 34.9 Å². The molecule has 1 heterocycles. The van der Waals surface area contributed by atoms with E-state index >= 15 is 0 Å². The highest BCUT2D eigenvalue weighted by Gasteiger charge is 2.31. The van der Waals surface area contributed by atoms with E-state index in [9.17, 15) is 4.79 Å². The van der Waals surface area contributed by atoms with Crippen molar-refractivity contribution in [3.8, 4) is 0 Å². The van der Waals surface area contributed by atoms with Gasteiger partial charge in [0.2, 0.25) is 0 Å². The van der Waals surface area contributed by atoms with Crippen LogP contribution in [0.25, 0.3) is 0 Å². The molecule has 0 aromatic heterocycles. The minimum atomic E-state index is 0.00673. The van der Waals surface area contributed by atoms with Crippen LogP contribution >= 0.6 is 11.6 Å². The molecule has 1 amide bonds. The second-order valence-corrected chi connectivity index (χ2v) is 6.59. The Bertz CT molecular complexity index is 500. The van der Waals surface area contributed by atoms with Crippen molar-refractivity contribution in [2.75, 3.05) is 40.0 Å². The minimum Gasteiger partial charge on any atom is -0.383 e. The first-order valence-electron chi connectivity index (χ1n) is 7.66. The lowest BCUT2D eigenvalue weighted by Crippen LogP contribution is -2.44. The molecule has 1 saturated heterocycles. The van der Waals surface area contributed by atoms with Crippen molar-refractivity contribution in [1.82, 2.24) is 4.90 Å². The molecule has 0 radical (unpaired) electrons. The summed E-state index contributed by atoms with van der Waals surface area (Å²) in [5.74, 6) is 0.00673. The molecule has 0 spiro atoms. The lowest BCUT2D eigenvalue weighted by Gasteiger charge is -2.38. The van der Waals surface area contributed by atoms with Gasteiger partial charge in [0, 0.05) is 44.0 Å². The van der Waals surface area contributed by atoms with Gasteiger partial charge in [-0.1, -0.05) is 24.6 Å². The fraction of sp³-hybridized carbons (Fsp3) is 0.588. The fourth-order valence-corrected chi connectivity index (χ4v) is 2.93. The summed E-state index contributed by atoms with van der Waals surface area (Å²) in [6.45, 7) is 5.57. The van der Waals surface area contributed by atoms with Crippen LogP contribution in [-0.2, 0) is 9.47 Å². The highest BCUT2D eigenvalue weighted by atomic mass is 35.5. The fourth-order valence-electron chi connectivity index (χ4n) is 2.74. The molecule has 1 aliphatic rings. The van der Waals surface area contributed by atoms with Crippen molar-refractivity contribution in [1.29, 1.82) is 0 Å². The predicted octanol–water partition coefficient (Wildman–Crippen LogP) is 3.25. The molecule has 1 aromatic carbocycles. The summed E-state index contributed by atoms with van der Waals surface area (Å²) in [6, 6.07) is 7.11. The Kier molecular flexibility index (Phi) is 6.24. The maximum atomic E-state index is 12.8. The van der Waals surface area contributed by atoms with Gasteiger partial charge in [-0.2, -0.15) is 0 Å². The maximum absolute atomic E-state index is 12.8. The van der Waals surface area contributed by atoms with Gasteiger partial charge < -0.3 is 14.4 Å². The first-order valence-corrected chi connectivity index (χ1v) is 8.03. The lowest BCUT2D eigenvalue weighted by molar-refractivity contribution is 0.00274. The van der Waals surface area contributed by atoms with Crippen molar-refractivity contribution in [2.45, 2.75) is 19.8 Å². The minimum absolute atomic E-state index is 0.00673. The summed E-state index contributed by atoms with van der Waals surface area (Å²) >= 11 is 6.01. The number of hydrogen-bond acceptors (Lipinski definition) is 3. The number of methoxy groups -OCH3 is 1. The van der Waals surface area contributed by atoms with Crippen LogP contribution in [-0.4, -0.2) is 50.8 Å². The van der Waals surface area contributed by atoms with Gasteiger partial charge in [-0.3, -0.25) is 4.79 Å². The SMILES string of the molecule is COCCN(CC1(C)CCOCC1)C(=O)c1cccc(Cl)c1. The average molecular weight is 326 g/mol. The van der Waals surface area contributed by atoms with E-state index in [1.807, 2.05) is 4.90 Å². The lowest BCUT2D eigenvalue weighted by atomic mass is 9.82. The zero-order valence-corrected chi connectivity index (χ0v) is 14.1. The molecule has 1 fully saturated rings. The predicted molar refractivity (Wildman–Crippen MR) is 87.4 cm³/mol. The van der Waals surface area contributed by atoms with E-state index in [1.54, 1.807) is 31.4 Å². The van der Waals surface area contributed by atoms with Gasteiger partial charge in [0.25, 0.3) is 5.91 Å². The first-order chi connectivity index (χ1) is 10.5. The molecule has 2 rings (SSSR count). The summed E-state index contributed by atoms with van der Waals surface area (Å²) in [6.07, 6.45) is 1.94. The zero-order chi connectivity index (χ0) is 16.0. The van der Waals surface area contributed by atoms with E-state index in [4.69, 9.17) is 21.1 Å². The molecular weight excluding hydrogens is 302 g/mol. The van der Waals surface area contributed by atoms with Crippen molar-refractivity contribution in [2.24, 2.45) is 5.41 Å². The van der Waals surface area contributed by atoms with Gasteiger partial charge in [0.05, 0.1) is 6.61 Å². The smallest absolute Gasteiger partial charge is 0.254 e. The summed E-state index contributed by atoms with van der Waals surface area (Å²) < 4.78 is 10.6. The standard InChI is InChI=1S/C17H24ClNO3/c1-17(6-9-22-10-7-17)13-19(8-11-21-2)16(20)14-4-3-5-15(18)12-14/h3-5,12H,6-11,13H2,1-2H3. The van der Waals surface area contributed by atoms with Gasteiger partial charge in [-0.25, -0.2) is 0 Å². The molecule has 0 aliphatic carbocycles. The van der Waals surface area contributed by atoms with Crippen molar-refractivity contribution < 1.29 is 14.3 Å². The summed E-state index contributed by atoms with van der Waals surface area (Å²) in [5.41, 5.74) is 0.722. The van der Waals surface area contributed by atoms with Crippen LogP contribution in [0.3, 0.4) is 0 Å². The number of halogens is 1. The molecule has 0 bridgehead atoms. The molecule has 4 nitrogen and oxygen atoms in total. The molecule has 1 aliphatic heterocycles. The third kappa shape index (κ3) is 4.70. The Hall–Kier alpha value is -1.10. The number of hydrogen-bond donors (Lipinski definition) is 0. The number of rotatable bonds is 6. The number of benzene rings is 1. The second-order valence-electron chi connectivity index (χ2n) is 6.15. The van der Waals surface area contributed by atoms with Crippen LogP contribution in [0.4, 0.5) is 0 Å². The van der Waals surface area contributed by atoms with Crippen LogP contribution in [0, 0.1) is 5.41 Å². The maximum Gasteiger partial charge on any atom is 0.254 e. The van der Waals surface area contributed by atoms with E-state index in [-0.39, 0.29) is 11.3 Å². The third-order valence-electron chi connectivity index (χ3n) is 4.20. The molecule has 0 N–H and O–H groups in total. The van der Waals surface area contributed by atoms with Crippen LogP contribution in [0.1, 0.15) is 30.1 Å². The van der Waals surface area contributed by atoms with E-state index in [0.29, 0.717) is 30.3 Å². The third-order valence-corrected chi connectivity index (χ3v) is 4.43. The van der Waals surface area contributed by atoms with Gasteiger partial charge in [-0.05, 0) is 36.5 Å². The first kappa shape index (κ1) is 17.3. The molecular formula is C17H24ClNO3. The van der Waals surface area contributed by atoms with Gasteiger partial charge >= 0.3 is 0 Å². The molecule has 5 heteroatoms. The Balaban J connectivity index is 2.12. The van der Waals surface area contributed by atoms with Crippen molar-refractivity contribution >= 4 is 17.5 Å². The molecule has 0 atom stereocenters. The highest BCUT2D eigenvalue weighted by molar-refractivity contribution is 6.30. The van der Waals surface area contributed by atoms with Crippen LogP contribution in [0.5, 0.6) is 0 Å². The molecule has 1 aromatic rings. The Morgan fingerprint density at radius 3 is 2.77 bits per heavy atom. The Morgan fingerprint density at radius 1 is 1.41 bits per heavy atom. The van der Waals surface area contributed by atoms with Crippen LogP contribution < -0.4 is 0 Å². The van der Waals surface area contributed by atoms with E-state index in [1.165, 1.54) is 0 Å². The molecule has 0 unspecified atom stereocenters. The van der Waals surface area contributed by atoms with Crippen LogP contribution in [0.2, 0.25) is 5.02 Å². The number of ether oxygens (including phenoxy) is 2. The van der Waals surface area contributed by atoms with Gasteiger partial charge in [-0.15, -0.1) is 0 Å². The molecule has 22 heavy (non-hydrogen) atoms. The molecule has 122 valence electrons. The zero-order valence-electron chi connectivity index (χ0n) is 13.3. The van der Waals surface area contributed by atoms with Gasteiger partial charge in [0.1, 0.15) is 0 Å². The van der Waals surface area contributed by atoms with Crippen molar-refractivity contribution in [3.63, 3.8) is 0 Å².